The molecule has 6 nitrogen and oxygen atoms in total. The van der Waals surface area contributed by atoms with Gasteiger partial charge in [-0.05, 0) is 43.5 Å². The number of ether oxygens (including phenoxy) is 2. The zero-order valence-corrected chi connectivity index (χ0v) is 16.9. The highest BCUT2D eigenvalue weighted by Crippen LogP contribution is 2.27. The fraction of sp³-hybridized carbons (Fsp3) is 0.304. The molecule has 1 amide bonds. The SMILES string of the molecule is Cc1oc2cc(OCC(=O)NCCC(C)C)ccc2c(=O)c1Oc1ccccc1. The highest BCUT2D eigenvalue weighted by Gasteiger charge is 2.15. The molecule has 2 aromatic carbocycles. The van der Waals surface area contributed by atoms with Gasteiger partial charge in [-0.1, -0.05) is 32.0 Å². The van der Waals surface area contributed by atoms with Crippen molar-refractivity contribution in [1.82, 2.24) is 5.32 Å². The first-order valence-electron chi connectivity index (χ1n) is 9.64. The van der Waals surface area contributed by atoms with E-state index in [0.717, 1.165) is 6.42 Å². The van der Waals surface area contributed by atoms with Gasteiger partial charge in [0.15, 0.2) is 6.61 Å². The van der Waals surface area contributed by atoms with Gasteiger partial charge in [0.25, 0.3) is 5.91 Å². The molecule has 0 saturated carbocycles. The number of aryl methyl sites for hydroxylation is 1. The van der Waals surface area contributed by atoms with Crippen LogP contribution in [-0.4, -0.2) is 19.1 Å². The van der Waals surface area contributed by atoms with Gasteiger partial charge in [0.2, 0.25) is 11.2 Å². The molecule has 0 aliphatic heterocycles. The van der Waals surface area contributed by atoms with Crippen LogP contribution in [0, 0.1) is 12.8 Å². The lowest BCUT2D eigenvalue weighted by molar-refractivity contribution is -0.123. The maximum absolute atomic E-state index is 12.8. The smallest absolute Gasteiger partial charge is 0.257 e. The number of amides is 1. The summed E-state index contributed by atoms with van der Waals surface area (Å²) in [6, 6.07) is 13.9. The molecule has 152 valence electrons. The second-order valence-corrected chi connectivity index (χ2v) is 7.21. The molecule has 29 heavy (non-hydrogen) atoms. The summed E-state index contributed by atoms with van der Waals surface area (Å²) in [5, 5.41) is 3.20. The van der Waals surface area contributed by atoms with Crippen molar-refractivity contribution in [3.8, 4) is 17.2 Å². The van der Waals surface area contributed by atoms with Crippen molar-refractivity contribution in [2.75, 3.05) is 13.2 Å². The Kier molecular flexibility index (Phi) is 6.54. The number of carbonyl (C=O) groups excluding carboxylic acids is 1. The van der Waals surface area contributed by atoms with Crippen molar-refractivity contribution in [2.24, 2.45) is 5.92 Å². The van der Waals surface area contributed by atoms with Crippen LogP contribution in [0.5, 0.6) is 17.2 Å². The number of hydrogen-bond acceptors (Lipinski definition) is 5. The van der Waals surface area contributed by atoms with E-state index in [2.05, 4.69) is 19.2 Å². The third kappa shape index (κ3) is 5.38. The van der Waals surface area contributed by atoms with Crippen LogP contribution in [0.4, 0.5) is 0 Å². The first-order valence-corrected chi connectivity index (χ1v) is 9.64. The molecule has 0 atom stereocenters. The summed E-state index contributed by atoms with van der Waals surface area (Å²) in [7, 11) is 0. The monoisotopic (exact) mass is 395 g/mol. The predicted molar refractivity (Wildman–Crippen MR) is 112 cm³/mol. The summed E-state index contributed by atoms with van der Waals surface area (Å²) in [5.74, 6) is 1.88. The Hall–Kier alpha value is -3.28. The molecule has 1 N–H and O–H groups in total. The normalized spacial score (nSPS) is 10.9. The lowest BCUT2D eigenvalue weighted by Gasteiger charge is -2.11. The molecule has 1 heterocycles. The average Bonchev–Trinajstić information content (AvgIpc) is 2.70. The molecule has 0 unspecified atom stereocenters. The van der Waals surface area contributed by atoms with Crippen LogP contribution in [0.25, 0.3) is 11.0 Å². The fourth-order valence-corrected chi connectivity index (χ4v) is 2.78. The third-order valence-electron chi connectivity index (χ3n) is 4.36. The Balaban J connectivity index is 1.73. The van der Waals surface area contributed by atoms with Gasteiger partial charge in [-0.15, -0.1) is 0 Å². The molecule has 1 aromatic heterocycles. The summed E-state index contributed by atoms with van der Waals surface area (Å²) >= 11 is 0. The second-order valence-electron chi connectivity index (χ2n) is 7.21. The zero-order chi connectivity index (χ0) is 20.8. The molecule has 3 rings (SSSR count). The Labute approximate surface area is 169 Å². The van der Waals surface area contributed by atoms with Crippen molar-refractivity contribution in [3.05, 3.63) is 64.5 Å². The number of nitrogens with one attached hydrogen (secondary N) is 1. The van der Waals surface area contributed by atoms with Crippen LogP contribution < -0.4 is 20.2 Å². The van der Waals surface area contributed by atoms with E-state index < -0.39 is 0 Å². The second kappa shape index (κ2) is 9.28. The number of hydrogen-bond donors (Lipinski definition) is 1. The summed E-state index contributed by atoms with van der Waals surface area (Å²) < 4.78 is 17.0. The summed E-state index contributed by atoms with van der Waals surface area (Å²) in [6.45, 7) is 6.40. The van der Waals surface area contributed by atoms with Crippen molar-refractivity contribution in [3.63, 3.8) is 0 Å². The molecule has 0 spiro atoms. The van der Waals surface area contributed by atoms with Crippen molar-refractivity contribution in [2.45, 2.75) is 27.2 Å². The minimum absolute atomic E-state index is 0.0952. The molecule has 0 bridgehead atoms. The van der Waals surface area contributed by atoms with E-state index in [1.807, 2.05) is 18.2 Å². The van der Waals surface area contributed by atoms with E-state index in [-0.39, 0.29) is 23.7 Å². The van der Waals surface area contributed by atoms with Crippen LogP contribution in [0.15, 0.2) is 57.7 Å². The molecule has 0 aliphatic rings. The van der Waals surface area contributed by atoms with Crippen molar-refractivity contribution >= 4 is 16.9 Å². The fourth-order valence-electron chi connectivity index (χ4n) is 2.78. The highest BCUT2D eigenvalue weighted by molar-refractivity contribution is 5.80. The predicted octanol–water partition coefficient (Wildman–Crippen LogP) is 4.43. The van der Waals surface area contributed by atoms with E-state index >= 15 is 0 Å². The maximum Gasteiger partial charge on any atom is 0.257 e. The molecular weight excluding hydrogens is 370 g/mol. The third-order valence-corrected chi connectivity index (χ3v) is 4.36. The number of rotatable bonds is 8. The van der Waals surface area contributed by atoms with Crippen LogP contribution in [-0.2, 0) is 4.79 Å². The van der Waals surface area contributed by atoms with E-state index in [0.29, 0.717) is 40.7 Å². The topological polar surface area (TPSA) is 77.8 Å². The van der Waals surface area contributed by atoms with Gasteiger partial charge >= 0.3 is 0 Å². The van der Waals surface area contributed by atoms with Crippen molar-refractivity contribution in [1.29, 1.82) is 0 Å². The first-order chi connectivity index (χ1) is 13.9. The Morgan fingerprint density at radius 3 is 2.59 bits per heavy atom. The molecule has 0 aliphatic carbocycles. The van der Waals surface area contributed by atoms with E-state index in [1.54, 1.807) is 37.3 Å². The van der Waals surface area contributed by atoms with Crippen LogP contribution in [0.2, 0.25) is 0 Å². The Bertz CT molecular complexity index is 1040. The Morgan fingerprint density at radius 2 is 1.86 bits per heavy atom. The Morgan fingerprint density at radius 1 is 1.10 bits per heavy atom. The van der Waals surface area contributed by atoms with Gasteiger partial charge in [-0.3, -0.25) is 9.59 Å². The van der Waals surface area contributed by atoms with Gasteiger partial charge in [0.05, 0.1) is 5.39 Å². The molecule has 0 radical (unpaired) electrons. The lowest BCUT2D eigenvalue weighted by Crippen LogP contribution is -2.30. The summed E-state index contributed by atoms with van der Waals surface area (Å²) in [6.07, 6.45) is 0.916. The standard InChI is InChI=1S/C23H25NO5/c1-15(2)11-12-24-21(25)14-27-18-9-10-19-20(13-18)28-16(3)23(22(19)26)29-17-7-5-4-6-8-17/h4-10,13,15H,11-12,14H2,1-3H3,(H,24,25). The number of para-hydroxylation sites is 1. The highest BCUT2D eigenvalue weighted by atomic mass is 16.5. The van der Waals surface area contributed by atoms with E-state index in [1.165, 1.54) is 0 Å². The van der Waals surface area contributed by atoms with Gasteiger partial charge in [-0.2, -0.15) is 0 Å². The molecule has 0 saturated heterocycles. The lowest BCUT2D eigenvalue weighted by atomic mass is 10.1. The maximum atomic E-state index is 12.8. The first kappa shape index (κ1) is 20.5. The van der Waals surface area contributed by atoms with Crippen LogP contribution in [0.3, 0.4) is 0 Å². The summed E-state index contributed by atoms with van der Waals surface area (Å²) in [4.78, 5) is 24.7. The molecule has 3 aromatic rings. The van der Waals surface area contributed by atoms with Crippen molar-refractivity contribution < 1.29 is 18.7 Å². The van der Waals surface area contributed by atoms with Gasteiger partial charge in [0.1, 0.15) is 22.8 Å². The summed E-state index contributed by atoms with van der Waals surface area (Å²) in [5.41, 5.74) is 0.121. The van der Waals surface area contributed by atoms with Gasteiger partial charge in [-0.25, -0.2) is 0 Å². The molecule has 0 fully saturated rings. The van der Waals surface area contributed by atoms with E-state index in [4.69, 9.17) is 13.9 Å². The van der Waals surface area contributed by atoms with Crippen LogP contribution >= 0.6 is 0 Å². The van der Waals surface area contributed by atoms with E-state index in [9.17, 15) is 9.59 Å². The molecule has 6 heteroatoms. The zero-order valence-electron chi connectivity index (χ0n) is 16.9. The van der Waals surface area contributed by atoms with Gasteiger partial charge in [0, 0.05) is 12.6 Å². The number of benzene rings is 2. The number of fused-ring (bicyclic) bond motifs is 1. The van der Waals surface area contributed by atoms with Crippen LogP contribution in [0.1, 0.15) is 26.0 Å². The van der Waals surface area contributed by atoms with Gasteiger partial charge < -0.3 is 19.2 Å². The largest absolute Gasteiger partial charge is 0.484 e. The minimum atomic E-state index is -0.259. The average molecular weight is 395 g/mol. The number of carbonyl (C=O) groups is 1. The molecular formula is C23H25NO5. The minimum Gasteiger partial charge on any atom is -0.484 e. The quantitative estimate of drug-likeness (QED) is 0.610.